The van der Waals surface area contributed by atoms with E-state index in [0.717, 1.165) is 9.79 Å². The zero-order valence-corrected chi connectivity index (χ0v) is 25.4. The molecule has 0 unspecified atom stereocenters. The summed E-state index contributed by atoms with van der Waals surface area (Å²) < 4.78 is 30.8. The molecule has 2 aromatic rings. The maximum absolute atomic E-state index is 12.7. The van der Waals surface area contributed by atoms with Gasteiger partial charge in [-0.05, 0) is 74.2 Å². The fraction of sp³-hybridized carbons (Fsp3) is 0.467. The second kappa shape index (κ2) is 18.5. The predicted octanol–water partition coefficient (Wildman–Crippen LogP) is 4.92. The molecule has 0 atom stereocenters. The van der Waals surface area contributed by atoms with Gasteiger partial charge in [0.25, 0.3) is 0 Å². The Hall–Kier alpha value is -3.06. The van der Waals surface area contributed by atoms with E-state index in [2.05, 4.69) is 4.74 Å². The Morgan fingerprint density at radius 2 is 1.17 bits per heavy atom. The molecule has 0 heterocycles. The largest absolute Gasteiger partial charge is 0.467 e. The van der Waals surface area contributed by atoms with E-state index in [1.54, 1.807) is 47.8 Å². The quantitative estimate of drug-likeness (QED) is 0.0832. The highest BCUT2D eigenvalue weighted by molar-refractivity contribution is 7.99. The number of hydrogen-bond acceptors (Lipinski definition) is 12. The first-order valence-electron chi connectivity index (χ1n) is 13.6. The SMILES string of the molecule is COC(=O)COCCSc1ccc(OC(=O)[C@H]2CC[C@H](C(=O)Oc3ccc(SCCOCOC(C)=O)cc3)CC2)cc1. The van der Waals surface area contributed by atoms with Gasteiger partial charge in [-0.25, -0.2) is 4.79 Å². The normalized spacial score (nSPS) is 16.3. The lowest BCUT2D eigenvalue weighted by molar-refractivity contribution is -0.153. The van der Waals surface area contributed by atoms with Gasteiger partial charge in [0.2, 0.25) is 0 Å². The highest BCUT2D eigenvalue weighted by atomic mass is 32.2. The van der Waals surface area contributed by atoms with Crippen LogP contribution in [-0.2, 0) is 38.1 Å². The van der Waals surface area contributed by atoms with Gasteiger partial charge in [0.1, 0.15) is 18.1 Å². The molecule has 1 aliphatic carbocycles. The summed E-state index contributed by atoms with van der Waals surface area (Å²) in [5, 5.41) is 0. The first-order chi connectivity index (χ1) is 20.3. The van der Waals surface area contributed by atoms with E-state index in [4.69, 9.17) is 23.7 Å². The van der Waals surface area contributed by atoms with Crippen molar-refractivity contribution in [1.29, 1.82) is 0 Å². The lowest BCUT2D eigenvalue weighted by Gasteiger charge is -2.25. The highest BCUT2D eigenvalue weighted by Crippen LogP contribution is 2.32. The van der Waals surface area contributed by atoms with Crippen LogP contribution < -0.4 is 9.47 Å². The smallest absolute Gasteiger partial charge is 0.331 e. The zero-order chi connectivity index (χ0) is 30.2. The van der Waals surface area contributed by atoms with Crippen molar-refractivity contribution in [1.82, 2.24) is 0 Å². The van der Waals surface area contributed by atoms with Crippen LogP contribution in [0.25, 0.3) is 0 Å². The monoisotopic (exact) mass is 620 g/mol. The van der Waals surface area contributed by atoms with Crippen LogP contribution in [0, 0.1) is 11.8 Å². The van der Waals surface area contributed by atoms with Crippen LogP contribution >= 0.6 is 23.5 Å². The number of carbonyl (C=O) groups is 4. The van der Waals surface area contributed by atoms with E-state index in [9.17, 15) is 19.2 Å². The summed E-state index contributed by atoms with van der Waals surface area (Å²) in [6.07, 6.45) is 2.25. The minimum atomic E-state index is -0.407. The molecule has 228 valence electrons. The molecule has 0 N–H and O–H groups in total. The van der Waals surface area contributed by atoms with E-state index < -0.39 is 5.97 Å². The summed E-state index contributed by atoms with van der Waals surface area (Å²) in [6.45, 7) is 2.06. The summed E-state index contributed by atoms with van der Waals surface area (Å²) in [5.41, 5.74) is 0. The van der Waals surface area contributed by atoms with Crippen molar-refractivity contribution in [2.45, 2.75) is 42.4 Å². The maximum Gasteiger partial charge on any atom is 0.331 e. The summed E-state index contributed by atoms with van der Waals surface area (Å²) >= 11 is 3.14. The van der Waals surface area contributed by atoms with E-state index in [0.29, 0.717) is 61.9 Å². The molecule has 10 nitrogen and oxygen atoms in total. The maximum atomic E-state index is 12.7. The summed E-state index contributed by atoms with van der Waals surface area (Å²) in [6, 6.07) is 14.5. The molecule has 1 fully saturated rings. The summed E-state index contributed by atoms with van der Waals surface area (Å²) in [4.78, 5) is 49.1. The second-order valence-electron chi connectivity index (χ2n) is 9.32. The first kappa shape index (κ1) is 33.4. The third-order valence-electron chi connectivity index (χ3n) is 6.26. The molecule has 12 heteroatoms. The number of thioether (sulfide) groups is 2. The molecule has 42 heavy (non-hydrogen) atoms. The topological polar surface area (TPSA) is 124 Å². The van der Waals surface area contributed by atoms with Crippen LogP contribution in [0.15, 0.2) is 58.3 Å². The molecule has 0 bridgehead atoms. The zero-order valence-electron chi connectivity index (χ0n) is 23.7. The van der Waals surface area contributed by atoms with Crippen LogP contribution in [0.2, 0.25) is 0 Å². The predicted molar refractivity (Wildman–Crippen MR) is 156 cm³/mol. The van der Waals surface area contributed by atoms with E-state index >= 15 is 0 Å². The average molecular weight is 621 g/mol. The van der Waals surface area contributed by atoms with Crippen molar-refractivity contribution in [2.75, 3.05) is 45.2 Å². The van der Waals surface area contributed by atoms with Gasteiger partial charge < -0.3 is 28.4 Å². The van der Waals surface area contributed by atoms with Gasteiger partial charge in [0, 0.05) is 28.2 Å². The number of ether oxygens (including phenoxy) is 6. The lowest BCUT2D eigenvalue weighted by atomic mass is 9.82. The molecule has 0 aliphatic heterocycles. The van der Waals surface area contributed by atoms with E-state index in [1.165, 1.54) is 14.0 Å². The van der Waals surface area contributed by atoms with Crippen LogP contribution in [0.5, 0.6) is 11.5 Å². The molecule has 0 spiro atoms. The van der Waals surface area contributed by atoms with Crippen LogP contribution in [-0.4, -0.2) is 69.1 Å². The Kier molecular flexibility index (Phi) is 14.7. The van der Waals surface area contributed by atoms with Crippen molar-refractivity contribution in [2.24, 2.45) is 11.8 Å². The molecule has 0 saturated heterocycles. The fourth-order valence-corrected chi connectivity index (χ4v) is 5.54. The number of esters is 4. The Morgan fingerprint density at radius 1 is 0.714 bits per heavy atom. The minimum absolute atomic E-state index is 0.0543. The third-order valence-corrected chi connectivity index (χ3v) is 8.22. The van der Waals surface area contributed by atoms with Gasteiger partial charge >= 0.3 is 23.9 Å². The Morgan fingerprint density at radius 3 is 1.60 bits per heavy atom. The van der Waals surface area contributed by atoms with Crippen molar-refractivity contribution in [3.8, 4) is 11.5 Å². The second-order valence-corrected chi connectivity index (χ2v) is 11.7. The average Bonchev–Trinajstić information content (AvgIpc) is 3.00. The molecule has 0 amide bonds. The van der Waals surface area contributed by atoms with Gasteiger partial charge in [0.15, 0.2) is 6.79 Å². The Labute approximate surface area is 254 Å². The molecule has 0 radical (unpaired) electrons. The summed E-state index contributed by atoms with van der Waals surface area (Å²) in [5.74, 6) is 0.432. The van der Waals surface area contributed by atoms with E-state index in [1.807, 2.05) is 24.3 Å². The van der Waals surface area contributed by atoms with Crippen molar-refractivity contribution in [3.05, 3.63) is 48.5 Å². The third kappa shape index (κ3) is 12.4. The molecule has 2 aromatic carbocycles. The number of rotatable bonds is 16. The van der Waals surface area contributed by atoms with Crippen molar-refractivity contribution < 1.29 is 47.6 Å². The standard InChI is InChI=1S/C30H36O10S2/c1-21(31)38-20-37-16-18-42-27-13-9-25(10-14-27)40-30(34)23-5-3-22(4-6-23)29(33)39-24-7-11-26(12-8-24)41-17-15-36-19-28(32)35-2/h7-14,22-23H,3-6,15-20H2,1-2H3/t22-,23-. The van der Waals surface area contributed by atoms with Crippen molar-refractivity contribution in [3.63, 3.8) is 0 Å². The highest BCUT2D eigenvalue weighted by Gasteiger charge is 2.32. The van der Waals surface area contributed by atoms with Crippen LogP contribution in [0.4, 0.5) is 0 Å². The lowest BCUT2D eigenvalue weighted by Crippen LogP contribution is -2.30. The molecule has 1 saturated carbocycles. The number of carbonyl (C=O) groups excluding carboxylic acids is 4. The van der Waals surface area contributed by atoms with Crippen molar-refractivity contribution >= 4 is 47.4 Å². The fourth-order valence-electron chi connectivity index (χ4n) is 4.01. The van der Waals surface area contributed by atoms with Crippen LogP contribution in [0.1, 0.15) is 32.6 Å². The molecular formula is C30H36O10S2. The first-order valence-corrected chi connectivity index (χ1v) is 15.6. The molecule has 0 aromatic heterocycles. The Bertz CT molecular complexity index is 1150. The van der Waals surface area contributed by atoms with Gasteiger partial charge in [-0.1, -0.05) is 0 Å². The summed E-state index contributed by atoms with van der Waals surface area (Å²) in [7, 11) is 1.32. The molecular weight excluding hydrogens is 584 g/mol. The van der Waals surface area contributed by atoms with Crippen LogP contribution in [0.3, 0.4) is 0 Å². The van der Waals surface area contributed by atoms with Gasteiger partial charge in [0.05, 0.1) is 32.2 Å². The molecule has 3 rings (SSSR count). The van der Waals surface area contributed by atoms with Gasteiger partial charge in [-0.3, -0.25) is 14.4 Å². The molecule has 1 aliphatic rings. The number of hydrogen-bond donors (Lipinski definition) is 0. The Balaban J connectivity index is 1.31. The minimum Gasteiger partial charge on any atom is -0.467 e. The van der Waals surface area contributed by atoms with Gasteiger partial charge in [-0.15, -0.1) is 23.5 Å². The number of benzene rings is 2. The van der Waals surface area contributed by atoms with E-state index in [-0.39, 0.29) is 43.1 Å². The number of methoxy groups -OCH3 is 1. The van der Waals surface area contributed by atoms with Gasteiger partial charge in [-0.2, -0.15) is 0 Å².